The van der Waals surface area contributed by atoms with Crippen molar-refractivity contribution < 1.29 is 28.6 Å². The number of amides is 1. The van der Waals surface area contributed by atoms with Crippen molar-refractivity contribution in [2.75, 3.05) is 26.1 Å². The van der Waals surface area contributed by atoms with E-state index in [4.69, 9.17) is 14.2 Å². The van der Waals surface area contributed by atoms with Gasteiger partial charge in [0.2, 0.25) is 5.91 Å². The van der Waals surface area contributed by atoms with E-state index in [0.717, 1.165) is 16.9 Å². The van der Waals surface area contributed by atoms with E-state index < -0.39 is 23.8 Å². The van der Waals surface area contributed by atoms with Crippen molar-refractivity contribution in [3.05, 3.63) is 51.9 Å². The number of hydrogen-bond acceptors (Lipinski definition) is 7. The third kappa shape index (κ3) is 4.96. The minimum Gasteiger partial charge on any atom is -0.493 e. The summed E-state index contributed by atoms with van der Waals surface area (Å²) in [7, 11) is 2.59. The molecule has 1 heterocycles. The fourth-order valence-electron chi connectivity index (χ4n) is 3.52. The van der Waals surface area contributed by atoms with Crippen LogP contribution in [0.3, 0.4) is 0 Å². The highest BCUT2D eigenvalue weighted by Gasteiger charge is 2.38. The van der Waals surface area contributed by atoms with E-state index in [-0.39, 0.29) is 5.56 Å². The van der Waals surface area contributed by atoms with Gasteiger partial charge in [0.05, 0.1) is 32.3 Å². The predicted molar refractivity (Wildman–Crippen MR) is 119 cm³/mol. The molecule has 0 saturated carbocycles. The number of ether oxygens (including phenoxy) is 3. The number of thiophene rings is 1. The minimum absolute atomic E-state index is 0.226. The first-order valence-electron chi connectivity index (χ1n) is 10.0. The second kappa shape index (κ2) is 10.3. The molecular weight excluding hydrogens is 418 g/mol. The van der Waals surface area contributed by atoms with Gasteiger partial charge in [-0.3, -0.25) is 9.59 Å². The maximum Gasteiger partial charge on any atom is 0.341 e. The molecular formula is C23H25NO6S. The molecule has 0 spiro atoms. The number of benzene rings is 1. The highest BCUT2D eigenvalue weighted by molar-refractivity contribution is 7.17. The third-order valence-electron chi connectivity index (χ3n) is 4.94. The van der Waals surface area contributed by atoms with Gasteiger partial charge in [-0.05, 0) is 37.0 Å². The van der Waals surface area contributed by atoms with Gasteiger partial charge in [-0.1, -0.05) is 25.1 Å². The van der Waals surface area contributed by atoms with Crippen molar-refractivity contribution in [2.45, 2.75) is 32.1 Å². The molecule has 1 unspecified atom stereocenters. The van der Waals surface area contributed by atoms with Crippen LogP contribution >= 0.6 is 11.3 Å². The average Bonchev–Trinajstić information content (AvgIpc) is 3.34. The van der Waals surface area contributed by atoms with E-state index in [2.05, 4.69) is 5.32 Å². The molecule has 0 saturated heterocycles. The van der Waals surface area contributed by atoms with Gasteiger partial charge in [0.1, 0.15) is 10.8 Å². The van der Waals surface area contributed by atoms with Crippen molar-refractivity contribution in [1.82, 2.24) is 0 Å². The first-order chi connectivity index (χ1) is 15.0. The van der Waals surface area contributed by atoms with Gasteiger partial charge in [-0.2, -0.15) is 0 Å². The molecule has 1 N–H and O–H groups in total. The van der Waals surface area contributed by atoms with Crippen LogP contribution in [0.15, 0.2) is 30.3 Å². The van der Waals surface area contributed by atoms with E-state index in [1.165, 1.54) is 31.6 Å². The molecule has 8 heteroatoms. The minimum atomic E-state index is -0.592. The Balaban J connectivity index is 1.84. The largest absolute Gasteiger partial charge is 0.493 e. The number of nitrogens with one attached hydrogen (secondary N) is 1. The summed E-state index contributed by atoms with van der Waals surface area (Å²) in [6, 6.07) is 7.44. The van der Waals surface area contributed by atoms with Crippen LogP contribution in [-0.2, 0) is 25.5 Å². The zero-order valence-corrected chi connectivity index (χ0v) is 18.5. The number of aryl methyl sites for hydroxylation is 1. The quantitative estimate of drug-likeness (QED) is 0.486. The molecule has 1 atom stereocenters. The SMILES string of the molecule is CCCOc1ccccc1/C=C/C(=O)Nc1sc2c(c1C(=O)OC)C(C(=O)OC)CC2. The summed E-state index contributed by atoms with van der Waals surface area (Å²) in [6.07, 6.45) is 5.14. The van der Waals surface area contributed by atoms with Crippen LogP contribution in [0.5, 0.6) is 5.75 Å². The van der Waals surface area contributed by atoms with Crippen molar-refractivity contribution in [3.8, 4) is 5.75 Å². The molecule has 0 bridgehead atoms. The summed E-state index contributed by atoms with van der Waals surface area (Å²) in [5.74, 6) is -1.23. The van der Waals surface area contributed by atoms with Crippen molar-refractivity contribution in [3.63, 3.8) is 0 Å². The Morgan fingerprint density at radius 3 is 2.68 bits per heavy atom. The smallest absolute Gasteiger partial charge is 0.341 e. The molecule has 1 aliphatic carbocycles. The second-order valence-electron chi connectivity index (χ2n) is 6.96. The van der Waals surface area contributed by atoms with E-state index in [1.54, 1.807) is 6.08 Å². The van der Waals surface area contributed by atoms with Gasteiger partial charge in [-0.25, -0.2) is 4.79 Å². The van der Waals surface area contributed by atoms with Crippen LogP contribution in [0.2, 0.25) is 0 Å². The maximum absolute atomic E-state index is 12.6. The lowest BCUT2D eigenvalue weighted by atomic mass is 9.99. The third-order valence-corrected chi connectivity index (χ3v) is 6.12. The van der Waals surface area contributed by atoms with Crippen LogP contribution in [0.25, 0.3) is 6.08 Å². The Bertz CT molecular complexity index is 1010. The Labute approximate surface area is 185 Å². The number of fused-ring (bicyclic) bond motifs is 1. The van der Waals surface area contributed by atoms with E-state index >= 15 is 0 Å². The lowest BCUT2D eigenvalue weighted by molar-refractivity contribution is -0.142. The molecule has 1 amide bonds. The van der Waals surface area contributed by atoms with E-state index in [1.807, 2.05) is 31.2 Å². The Kier molecular flexibility index (Phi) is 7.46. The van der Waals surface area contributed by atoms with Crippen molar-refractivity contribution in [2.24, 2.45) is 0 Å². The normalized spacial score (nSPS) is 14.9. The number of hydrogen-bond donors (Lipinski definition) is 1. The van der Waals surface area contributed by atoms with Gasteiger partial charge in [0.25, 0.3) is 0 Å². The summed E-state index contributed by atoms with van der Waals surface area (Å²) in [5.41, 5.74) is 1.60. The molecule has 31 heavy (non-hydrogen) atoms. The van der Waals surface area contributed by atoms with Gasteiger partial charge < -0.3 is 19.5 Å². The second-order valence-corrected chi connectivity index (χ2v) is 8.06. The maximum atomic E-state index is 12.6. The number of anilines is 1. The van der Waals surface area contributed by atoms with Crippen LogP contribution in [0.4, 0.5) is 5.00 Å². The summed E-state index contributed by atoms with van der Waals surface area (Å²) in [5, 5.41) is 3.14. The summed E-state index contributed by atoms with van der Waals surface area (Å²) in [4.78, 5) is 38.1. The van der Waals surface area contributed by atoms with E-state index in [0.29, 0.717) is 35.8 Å². The molecule has 2 aromatic rings. The number of methoxy groups -OCH3 is 2. The van der Waals surface area contributed by atoms with Gasteiger partial charge >= 0.3 is 11.9 Å². The monoisotopic (exact) mass is 443 g/mol. The zero-order chi connectivity index (χ0) is 22.4. The van der Waals surface area contributed by atoms with Crippen molar-refractivity contribution >= 4 is 40.3 Å². The first kappa shape index (κ1) is 22.6. The summed E-state index contributed by atoms with van der Waals surface area (Å²) >= 11 is 1.29. The molecule has 7 nitrogen and oxygen atoms in total. The molecule has 1 aromatic heterocycles. The Morgan fingerprint density at radius 1 is 1.19 bits per heavy atom. The van der Waals surface area contributed by atoms with Gasteiger partial charge in [0, 0.05) is 16.5 Å². The summed E-state index contributed by atoms with van der Waals surface area (Å²) < 4.78 is 15.5. The number of carbonyl (C=O) groups is 3. The number of para-hydroxylation sites is 1. The molecule has 1 aromatic carbocycles. The predicted octanol–water partition coefficient (Wildman–Crippen LogP) is 4.18. The zero-order valence-electron chi connectivity index (χ0n) is 17.7. The van der Waals surface area contributed by atoms with Crippen LogP contribution < -0.4 is 10.1 Å². The summed E-state index contributed by atoms with van der Waals surface area (Å²) in [6.45, 7) is 2.61. The molecule has 164 valence electrons. The molecule has 1 aliphatic rings. The Hall–Kier alpha value is -3.13. The van der Waals surface area contributed by atoms with Crippen LogP contribution in [-0.4, -0.2) is 38.7 Å². The standard InChI is InChI=1S/C23H25NO6S/c1-4-13-30-16-8-6-5-7-14(16)9-12-18(25)24-21-20(23(27)29-3)19-15(22(26)28-2)10-11-17(19)31-21/h5-9,12,15H,4,10-11,13H2,1-3H3,(H,24,25)/b12-9+. The van der Waals surface area contributed by atoms with Crippen LogP contribution in [0.1, 0.15) is 52.0 Å². The van der Waals surface area contributed by atoms with E-state index in [9.17, 15) is 14.4 Å². The molecule has 0 aliphatic heterocycles. The van der Waals surface area contributed by atoms with Crippen molar-refractivity contribution in [1.29, 1.82) is 0 Å². The average molecular weight is 444 g/mol. The van der Waals surface area contributed by atoms with Gasteiger partial charge in [-0.15, -0.1) is 11.3 Å². The Morgan fingerprint density at radius 2 is 1.97 bits per heavy atom. The number of carbonyl (C=O) groups excluding carboxylic acids is 3. The number of rotatable bonds is 8. The van der Waals surface area contributed by atoms with Gasteiger partial charge in [0.15, 0.2) is 0 Å². The highest BCUT2D eigenvalue weighted by Crippen LogP contribution is 2.45. The molecule has 3 rings (SSSR count). The molecule has 0 fully saturated rings. The highest BCUT2D eigenvalue weighted by atomic mass is 32.1. The lowest BCUT2D eigenvalue weighted by Crippen LogP contribution is -2.16. The fraction of sp³-hybridized carbons (Fsp3) is 0.348. The fourth-order valence-corrected chi connectivity index (χ4v) is 4.78. The van der Waals surface area contributed by atoms with Crippen LogP contribution in [0, 0.1) is 0 Å². The topological polar surface area (TPSA) is 90.9 Å². The molecule has 0 radical (unpaired) electrons. The first-order valence-corrected chi connectivity index (χ1v) is 10.8. The number of esters is 2. The lowest BCUT2D eigenvalue weighted by Gasteiger charge is -2.11.